The third-order valence-electron chi connectivity index (χ3n) is 8.61. The van der Waals surface area contributed by atoms with E-state index >= 15 is 0 Å². The summed E-state index contributed by atoms with van der Waals surface area (Å²) in [6.07, 6.45) is 18.1. The third-order valence-corrected chi connectivity index (χ3v) is 8.91. The Morgan fingerprint density at radius 2 is 1.46 bits per heavy atom. The van der Waals surface area contributed by atoms with Crippen LogP contribution in [0.3, 0.4) is 0 Å². The van der Waals surface area contributed by atoms with Gasteiger partial charge in [0.15, 0.2) is 0 Å². The Labute approximate surface area is 308 Å². The number of thiol groups is 1. The molecule has 1 heteroatoms. The third kappa shape index (κ3) is 11.4. The minimum Gasteiger partial charge on any atom is -0.143 e. The quantitative estimate of drug-likeness (QED) is 0.0991. The second-order valence-electron chi connectivity index (χ2n) is 12.0. The number of rotatable bonds is 7. The van der Waals surface area contributed by atoms with E-state index in [0.29, 0.717) is 5.92 Å². The zero-order valence-electron chi connectivity index (χ0n) is 31.1. The number of hydrogen-bond acceptors (Lipinski definition) is 1. The number of aryl methyl sites for hydroxylation is 2. The van der Waals surface area contributed by atoms with Gasteiger partial charge in [-0.05, 0) is 114 Å². The van der Waals surface area contributed by atoms with Crippen molar-refractivity contribution in [3.63, 3.8) is 0 Å². The van der Waals surface area contributed by atoms with Gasteiger partial charge in [0.25, 0.3) is 0 Å². The van der Waals surface area contributed by atoms with Crippen LogP contribution in [0, 0.1) is 6.92 Å². The van der Waals surface area contributed by atoms with Crippen molar-refractivity contribution in [2.45, 2.75) is 72.1 Å². The molecule has 0 aliphatic heterocycles. The fourth-order valence-electron chi connectivity index (χ4n) is 5.70. The first kappa shape index (κ1) is 39.6. The molecule has 1 unspecified atom stereocenters. The van der Waals surface area contributed by atoms with Crippen LogP contribution in [0.1, 0.15) is 80.8 Å². The molecule has 5 aromatic carbocycles. The van der Waals surface area contributed by atoms with Gasteiger partial charge in [-0.2, -0.15) is 0 Å². The Balaban J connectivity index is 0.000000292. The van der Waals surface area contributed by atoms with Gasteiger partial charge < -0.3 is 0 Å². The highest BCUT2D eigenvalue weighted by molar-refractivity contribution is 7.80. The van der Waals surface area contributed by atoms with E-state index in [9.17, 15) is 0 Å². The van der Waals surface area contributed by atoms with Crippen LogP contribution in [0.4, 0.5) is 0 Å². The highest BCUT2D eigenvalue weighted by Gasteiger charge is 2.27. The van der Waals surface area contributed by atoms with Gasteiger partial charge in [-0.1, -0.05) is 167 Å². The van der Waals surface area contributed by atoms with Crippen LogP contribution in [-0.4, -0.2) is 0 Å². The Hall–Kier alpha value is -4.81. The molecule has 0 nitrogen and oxygen atoms in total. The van der Waals surface area contributed by atoms with Gasteiger partial charge in [-0.15, -0.1) is 18.4 Å². The monoisotopic (exact) mass is 674 g/mol. The Kier molecular flexibility index (Phi) is 16.9. The molecular weight excluding hydrogens is 621 g/mol. The van der Waals surface area contributed by atoms with E-state index in [4.69, 9.17) is 0 Å². The lowest BCUT2D eigenvalue weighted by atomic mass is 9.92. The van der Waals surface area contributed by atoms with E-state index in [1.54, 1.807) is 6.08 Å². The molecule has 6 rings (SSSR count). The molecule has 1 aliphatic rings. The zero-order chi connectivity index (χ0) is 36.3. The fourth-order valence-corrected chi connectivity index (χ4v) is 5.85. The average molecular weight is 675 g/mol. The van der Waals surface area contributed by atoms with E-state index in [0.717, 1.165) is 17.7 Å². The molecule has 0 fully saturated rings. The lowest BCUT2D eigenvalue weighted by Gasteiger charge is -2.12. The number of fused-ring (bicyclic) bond motifs is 5. The Bertz CT molecular complexity index is 1960. The van der Waals surface area contributed by atoms with Gasteiger partial charge in [0.1, 0.15) is 0 Å². The molecule has 0 heterocycles. The number of allylic oxidation sites excluding steroid dienone is 7. The zero-order valence-corrected chi connectivity index (χ0v) is 32.0. The predicted molar refractivity (Wildman–Crippen MR) is 227 cm³/mol. The fraction of sp³-hybridized carbons (Fsp3) is 0.204. The van der Waals surface area contributed by atoms with Gasteiger partial charge in [0.05, 0.1) is 0 Å². The van der Waals surface area contributed by atoms with E-state index in [2.05, 4.69) is 168 Å². The average Bonchev–Trinajstić information content (AvgIpc) is 3.45. The molecule has 256 valence electrons. The van der Waals surface area contributed by atoms with Crippen LogP contribution >= 0.6 is 12.6 Å². The van der Waals surface area contributed by atoms with Crippen LogP contribution in [0.15, 0.2) is 168 Å². The van der Waals surface area contributed by atoms with Crippen molar-refractivity contribution in [3.8, 4) is 11.1 Å². The maximum Gasteiger partial charge on any atom is 0.00737 e. The van der Waals surface area contributed by atoms with Crippen molar-refractivity contribution in [1.82, 2.24) is 0 Å². The van der Waals surface area contributed by atoms with E-state index in [1.807, 2.05) is 51.1 Å². The molecule has 0 spiro atoms. The normalized spacial score (nSPS) is 12.7. The maximum atomic E-state index is 4.33. The van der Waals surface area contributed by atoms with Crippen LogP contribution in [0.5, 0.6) is 0 Å². The molecule has 0 aromatic heterocycles. The summed E-state index contributed by atoms with van der Waals surface area (Å²) in [5.41, 5.74) is 15.5. The number of hydrogen-bond donors (Lipinski definition) is 1. The largest absolute Gasteiger partial charge is 0.143 e. The summed E-state index contributed by atoms with van der Waals surface area (Å²) in [5, 5.41) is 2.63. The summed E-state index contributed by atoms with van der Waals surface area (Å²) in [5.74, 6) is 0.419. The summed E-state index contributed by atoms with van der Waals surface area (Å²) in [7, 11) is 0. The van der Waals surface area contributed by atoms with Gasteiger partial charge in [-0.25, -0.2) is 0 Å². The van der Waals surface area contributed by atoms with Gasteiger partial charge >= 0.3 is 0 Å². The molecule has 5 aromatic rings. The highest BCUT2D eigenvalue weighted by Crippen LogP contribution is 2.48. The molecule has 0 amide bonds. The van der Waals surface area contributed by atoms with Crippen molar-refractivity contribution in [3.05, 3.63) is 197 Å². The lowest BCUT2D eigenvalue weighted by Crippen LogP contribution is -1.91. The lowest BCUT2D eigenvalue weighted by molar-refractivity contribution is 0.957. The minimum absolute atomic E-state index is 0.419. The van der Waals surface area contributed by atoms with Gasteiger partial charge in [0, 0.05) is 10.8 Å². The van der Waals surface area contributed by atoms with Crippen molar-refractivity contribution < 1.29 is 0 Å². The first-order chi connectivity index (χ1) is 24.4. The standard InChI is InChI=1S/C30H24S.C9H12.C8H12.C2H6/c1-21-25-12-6-8-14-27(25)30-28-15-9-7-13-26(28)23(20-29(21)30)11-5-3-2-4-10-22-16-18-24(31)19-17-22;1-3-9-6-4-8(2)5-7-9;1-4-6-7-8(3)5-2;1-2/h3-9,11-21,31H,10H2,1H3;4-7H,3H2,1-2H3;4-7H,1H2,2-3H3;1-2H3/b11-5-;;7-6-,8-5-;. The smallest absolute Gasteiger partial charge is 0.00737 e. The molecule has 0 saturated heterocycles. The summed E-state index contributed by atoms with van der Waals surface area (Å²) in [4.78, 5) is 0.991. The summed E-state index contributed by atoms with van der Waals surface area (Å²) >= 11 is 4.33. The molecule has 0 saturated carbocycles. The summed E-state index contributed by atoms with van der Waals surface area (Å²) in [6.45, 7) is 18.2. The molecule has 0 N–H and O–H groups in total. The highest BCUT2D eigenvalue weighted by atomic mass is 32.1. The van der Waals surface area contributed by atoms with Gasteiger partial charge in [-0.3, -0.25) is 0 Å². The number of benzene rings is 5. The van der Waals surface area contributed by atoms with Crippen LogP contribution in [-0.2, 0) is 12.8 Å². The Morgan fingerprint density at radius 3 is 2.12 bits per heavy atom. The van der Waals surface area contributed by atoms with Crippen LogP contribution < -0.4 is 0 Å². The summed E-state index contributed by atoms with van der Waals surface area (Å²) < 4.78 is 0. The molecule has 0 bridgehead atoms. The van der Waals surface area contributed by atoms with E-state index in [-0.39, 0.29) is 0 Å². The van der Waals surface area contributed by atoms with Crippen molar-refractivity contribution >= 4 is 29.5 Å². The maximum absolute atomic E-state index is 4.33. The minimum atomic E-state index is 0.419. The molecule has 1 aliphatic carbocycles. The molecule has 0 radical (unpaired) electrons. The van der Waals surface area contributed by atoms with Gasteiger partial charge in [0.2, 0.25) is 0 Å². The summed E-state index contributed by atoms with van der Waals surface area (Å²) in [6, 6.07) is 36.9. The molecular formula is C49H54S. The van der Waals surface area contributed by atoms with E-state index < -0.39 is 0 Å². The molecule has 1 atom stereocenters. The second-order valence-corrected chi connectivity index (χ2v) is 12.5. The van der Waals surface area contributed by atoms with Crippen molar-refractivity contribution in [1.29, 1.82) is 0 Å². The topological polar surface area (TPSA) is 0 Å². The van der Waals surface area contributed by atoms with Crippen molar-refractivity contribution in [2.24, 2.45) is 0 Å². The second kappa shape index (κ2) is 21.3. The van der Waals surface area contributed by atoms with E-state index in [1.165, 1.54) is 60.9 Å². The Morgan fingerprint density at radius 1 is 0.820 bits per heavy atom. The van der Waals surface area contributed by atoms with Crippen LogP contribution in [0.2, 0.25) is 0 Å². The first-order valence-corrected chi connectivity index (χ1v) is 18.3. The molecule has 50 heavy (non-hydrogen) atoms. The SMILES string of the molecule is C=C/C=C\C(C)=C/C.CC.CC1c2ccccc2-c2c1cc(/C=C\C=C=CCc1ccc(S)cc1)c1ccccc21.CCc1ccc(C)cc1. The van der Waals surface area contributed by atoms with Crippen LogP contribution in [0.25, 0.3) is 28.0 Å². The first-order valence-electron chi connectivity index (χ1n) is 17.8. The predicted octanol–water partition coefficient (Wildman–Crippen LogP) is 14.5. The van der Waals surface area contributed by atoms with Crippen molar-refractivity contribution in [2.75, 3.05) is 0 Å².